The molecule has 0 radical (unpaired) electrons. The predicted octanol–water partition coefficient (Wildman–Crippen LogP) is -0.154. The lowest BCUT2D eigenvalue weighted by Gasteiger charge is -2.55. The number of urea groups is 1. The molecule has 1 aromatic rings. The fraction of sp³-hybridized carbons (Fsp3) is 0.611. The quantitative estimate of drug-likeness (QED) is 0.718. The smallest absolute Gasteiger partial charge is 0.315 e. The monoisotopic (exact) mass is 330 g/mol. The molecule has 4 fully saturated rings. The first-order valence-electron chi connectivity index (χ1n) is 8.87. The van der Waals surface area contributed by atoms with Crippen LogP contribution in [0, 0.1) is 5.92 Å². The molecule has 6 heteroatoms. The lowest BCUT2D eigenvalue weighted by atomic mass is 9.64. The highest BCUT2D eigenvalue weighted by Crippen LogP contribution is 2.43. The summed E-state index contributed by atoms with van der Waals surface area (Å²) in [5, 5.41) is 14.9. The third kappa shape index (κ3) is 2.68. The minimum Gasteiger partial charge on any atom is -0.395 e. The summed E-state index contributed by atoms with van der Waals surface area (Å²) in [6, 6.07) is 10.6. The molecule has 0 spiro atoms. The van der Waals surface area contributed by atoms with Crippen LogP contribution < -0.4 is 10.6 Å². The van der Waals surface area contributed by atoms with Gasteiger partial charge in [-0.05, 0) is 5.56 Å². The molecule has 24 heavy (non-hydrogen) atoms. The van der Waals surface area contributed by atoms with E-state index in [-0.39, 0.29) is 24.1 Å². The van der Waals surface area contributed by atoms with Crippen molar-refractivity contribution in [1.29, 1.82) is 0 Å². The van der Waals surface area contributed by atoms with Gasteiger partial charge in [-0.2, -0.15) is 0 Å². The maximum atomic E-state index is 12.3. The molecule has 4 saturated heterocycles. The molecular weight excluding hydrogens is 304 g/mol. The summed E-state index contributed by atoms with van der Waals surface area (Å²) in [7, 11) is 0. The number of nitrogens with one attached hydrogen (secondary N) is 2. The number of benzene rings is 1. The third-order valence-corrected chi connectivity index (χ3v) is 5.83. The molecule has 3 unspecified atom stereocenters. The third-order valence-electron chi connectivity index (χ3n) is 5.83. The zero-order valence-corrected chi connectivity index (χ0v) is 13.9. The zero-order valence-electron chi connectivity index (χ0n) is 13.9. The number of amides is 2. The Morgan fingerprint density at radius 3 is 2.46 bits per heavy atom. The summed E-state index contributed by atoms with van der Waals surface area (Å²) in [5.74, 6) is 0.440. The topological polar surface area (TPSA) is 67.8 Å². The van der Waals surface area contributed by atoms with E-state index in [1.54, 1.807) is 0 Å². The van der Waals surface area contributed by atoms with Crippen LogP contribution in [0.5, 0.6) is 0 Å². The van der Waals surface area contributed by atoms with Crippen molar-refractivity contribution in [1.82, 2.24) is 20.4 Å². The Balaban J connectivity index is 1.67. The van der Waals surface area contributed by atoms with Gasteiger partial charge in [0.2, 0.25) is 0 Å². The number of aliphatic hydroxyl groups is 1. The molecule has 0 aliphatic carbocycles. The van der Waals surface area contributed by atoms with E-state index in [1.807, 2.05) is 0 Å². The Morgan fingerprint density at radius 1 is 1.17 bits per heavy atom. The molecule has 2 amide bonds. The Bertz CT molecular complexity index is 578. The van der Waals surface area contributed by atoms with Crippen molar-refractivity contribution in [3.8, 4) is 0 Å². The highest BCUT2D eigenvalue weighted by Gasteiger charge is 2.55. The van der Waals surface area contributed by atoms with Crippen LogP contribution in [-0.4, -0.2) is 79.4 Å². The van der Waals surface area contributed by atoms with Gasteiger partial charge < -0.3 is 25.5 Å². The summed E-state index contributed by atoms with van der Waals surface area (Å²) >= 11 is 0. The number of rotatable bonds is 4. The number of nitrogens with zero attached hydrogens (tertiary/aromatic N) is 2. The van der Waals surface area contributed by atoms with Crippen LogP contribution in [0.3, 0.4) is 0 Å². The zero-order chi connectivity index (χ0) is 16.6. The largest absolute Gasteiger partial charge is 0.395 e. The number of carbonyl (C=O) groups excluding carboxylic acids is 1. The molecule has 0 aromatic heterocycles. The second kappa shape index (κ2) is 6.35. The van der Waals surface area contributed by atoms with E-state index in [1.165, 1.54) is 5.56 Å². The molecule has 4 aliphatic heterocycles. The number of carbonyl (C=O) groups is 1. The van der Waals surface area contributed by atoms with Crippen LogP contribution in [0.4, 0.5) is 4.79 Å². The molecule has 4 aliphatic rings. The summed E-state index contributed by atoms with van der Waals surface area (Å²) < 4.78 is 0. The van der Waals surface area contributed by atoms with Crippen molar-refractivity contribution in [2.24, 2.45) is 5.92 Å². The second-order valence-electron chi connectivity index (χ2n) is 7.35. The van der Waals surface area contributed by atoms with Crippen LogP contribution in [0.2, 0.25) is 0 Å². The first-order valence-corrected chi connectivity index (χ1v) is 8.87. The number of piperidine rings is 2. The van der Waals surface area contributed by atoms with Gasteiger partial charge >= 0.3 is 6.03 Å². The fourth-order valence-electron chi connectivity index (χ4n) is 4.93. The van der Waals surface area contributed by atoms with Gasteiger partial charge in [-0.3, -0.25) is 0 Å². The molecule has 5 rings (SSSR count). The summed E-state index contributed by atoms with van der Waals surface area (Å²) in [6.45, 7) is 6.59. The van der Waals surface area contributed by atoms with Gasteiger partial charge in [-0.25, -0.2) is 4.79 Å². The Hall–Kier alpha value is -1.63. The van der Waals surface area contributed by atoms with Crippen LogP contribution in [0.1, 0.15) is 5.56 Å². The maximum Gasteiger partial charge on any atom is 0.315 e. The number of aliphatic hydroxyl groups excluding tert-OH is 1. The summed E-state index contributed by atoms with van der Waals surface area (Å²) in [4.78, 5) is 17.4. The summed E-state index contributed by atoms with van der Waals surface area (Å²) in [5.41, 5.74) is 1.26. The van der Waals surface area contributed by atoms with Crippen molar-refractivity contribution in [3.05, 3.63) is 35.9 Å². The Morgan fingerprint density at radius 2 is 1.83 bits per heavy atom. The minimum absolute atomic E-state index is 0.0348. The Labute approximate surface area is 142 Å². The number of hydrogen-bond donors (Lipinski definition) is 3. The maximum absolute atomic E-state index is 12.3. The SMILES string of the molecule is O=C(NCCO)NC1C2CN3CCN(C2)CC1(c1ccccc1)C3. The molecule has 3 atom stereocenters. The van der Waals surface area contributed by atoms with Crippen LogP contribution >= 0.6 is 0 Å². The van der Waals surface area contributed by atoms with E-state index >= 15 is 0 Å². The van der Waals surface area contributed by atoms with Gasteiger partial charge in [0, 0.05) is 63.2 Å². The normalized spacial score (nSPS) is 37.0. The van der Waals surface area contributed by atoms with Crippen molar-refractivity contribution in [3.63, 3.8) is 0 Å². The lowest BCUT2D eigenvalue weighted by molar-refractivity contribution is 0.0230. The van der Waals surface area contributed by atoms with Gasteiger partial charge in [0.1, 0.15) is 0 Å². The first-order chi connectivity index (χ1) is 11.7. The Kier molecular flexibility index (Phi) is 4.20. The standard InChI is InChI=1S/C18H26N4O2/c23-9-6-19-17(24)20-16-14-10-21-7-8-22(11-14)13-18(16,12-21)15-4-2-1-3-5-15/h1-5,14,16,23H,6-13H2,(H2,19,20,24). The minimum atomic E-state index is -0.166. The van der Waals surface area contributed by atoms with E-state index in [0.717, 1.165) is 39.3 Å². The van der Waals surface area contributed by atoms with Crippen LogP contribution in [-0.2, 0) is 5.41 Å². The van der Waals surface area contributed by atoms with Crippen molar-refractivity contribution in [2.45, 2.75) is 11.5 Å². The van der Waals surface area contributed by atoms with Gasteiger partial charge in [0.25, 0.3) is 0 Å². The first kappa shape index (κ1) is 15.9. The lowest BCUT2D eigenvalue weighted by Crippen LogP contribution is -2.71. The van der Waals surface area contributed by atoms with Crippen LogP contribution in [0.25, 0.3) is 0 Å². The molecule has 0 saturated carbocycles. The number of fused-ring (bicyclic) bond motifs is 1. The second-order valence-corrected chi connectivity index (χ2v) is 7.35. The predicted molar refractivity (Wildman–Crippen MR) is 91.9 cm³/mol. The van der Waals surface area contributed by atoms with Gasteiger partial charge in [-0.1, -0.05) is 30.3 Å². The van der Waals surface area contributed by atoms with E-state index in [0.29, 0.717) is 12.5 Å². The molecule has 4 heterocycles. The van der Waals surface area contributed by atoms with Crippen molar-refractivity contribution in [2.75, 3.05) is 52.4 Å². The summed E-state index contributed by atoms with van der Waals surface area (Å²) in [6.07, 6.45) is 0. The van der Waals surface area contributed by atoms with E-state index < -0.39 is 0 Å². The number of hydrogen-bond acceptors (Lipinski definition) is 4. The van der Waals surface area contributed by atoms with Gasteiger partial charge in [0.05, 0.1) is 6.61 Å². The van der Waals surface area contributed by atoms with Gasteiger partial charge in [0.15, 0.2) is 0 Å². The molecular formula is C18H26N4O2. The highest BCUT2D eigenvalue weighted by molar-refractivity contribution is 5.74. The average Bonchev–Trinajstić information content (AvgIpc) is 2.85. The van der Waals surface area contributed by atoms with Gasteiger partial charge in [-0.15, -0.1) is 0 Å². The fourth-order valence-corrected chi connectivity index (χ4v) is 4.93. The molecule has 4 bridgehead atoms. The van der Waals surface area contributed by atoms with E-state index in [9.17, 15) is 4.79 Å². The van der Waals surface area contributed by atoms with Crippen molar-refractivity contribution >= 4 is 6.03 Å². The molecule has 6 nitrogen and oxygen atoms in total. The van der Waals surface area contributed by atoms with Crippen molar-refractivity contribution < 1.29 is 9.90 Å². The van der Waals surface area contributed by atoms with E-state index in [4.69, 9.17) is 5.11 Å². The molecule has 130 valence electrons. The highest BCUT2D eigenvalue weighted by atomic mass is 16.3. The van der Waals surface area contributed by atoms with Crippen LogP contribution in [0.15, 0.2) is 30.3 Å². The molecule has 1 aromatic carbocycles. The van der Waals surface area contributed by atoms with E-state index in [2.05, 4.69) is 50.8 Å². The average molecular weight is 330 g/mol. The molecule has 3 N–H and O–H groups in total.